The van der Waals surface area contributed by atoms with Crippen molar-refractivity contribution >= 4 is 28.4 Å². The van der Waals surface area contributed by atoms with Crippen LogP contribution in [-0.2, 0) is 6.54 Å². The first kappa shape index (κ1) is 22.3. The average Bonchev–Trinajstić information content (AvgIpc) is 3.33. The van der Waals surface area contributed by atoms with Gasteiger partial charge in [-0.05, 0) is 31.7 Å². The van der Waals surface area contributed by atoms with Crippen molar-refractivity contribution in [1.82, 2.24) is 34.0 Å². The topological polar surface area (TPSA) is 102 Å². The number of likely N-dealkylation sites (tertiary alicyclic amines) is 1. The number of fused-ring (bicyclic) bond motifs is 2. The third kappa shape index (κ3) is 4.08. The molecule has 0 amide bonds. The van der Waals surface area contributed by atoms with E-state index in [0.29, 0.717) is 28.8 Å². The summed E-state index contributed by atoms with van der Waals surface area (Å²) in [6.07, 6.45) is -1.59. The summed E-state index contributed by atoms with van der Waals surface area (Å²) in [6.45, 7) is -1.11. The Kier molecular flexibility index (Phi) is 5.07. The highest BCUT2D eigenvalue weighted by Gasteiger charge is 2.44. The maximum atomic E-state index is 14.4. The van der Waals surface area contributed by atoms with Crippen LogP contribution < -0.4 is 11.1 Å². The Labute approximate surface area is 189 Å². The van der Waals surface area contributed by atoms with Gasteiger partial charge in [-0.15, -0.1) is 5.10 Å². The number of nitrogen functional groups attached to an aromatic ring is 1. The molecule has 34 heavy (non-hydrogen) atoms. The van der Waals surface area contributed by atoms with Gasteiger partial charge in [-0.1, -0.05) is 0 Å². The molecule has 3 N–H and O–H groups in total. The molecule has 0 aliphatic carbocycles. The zero-order chi connectivity index (χ0) is 24.3. The van der Waals surface area contributed by atoms with Gasteiger partial charge >= 0.3 is 6.18 Å². The maximum Gasteiger partial charge on any atom is 0.406 e. The predicted octanol–water partition coefficient (Wildman–Crippen LogP) is 3.04. The van der Waals surface area contributed by atoms with Gasteiger partial charge in [0.2, 0.25) is 5.95 Å². The number of hydrogen-bond acceptors (Lipinski definition) is 7. The number of pyridine rings is 1. The fourth-order valence-corrected chi connectivity index (χ4v) is 4.16. The van der Waals surface area contributed by atoms with Gasteiger partial charge in [0.1, 0.15) is 17.6 Å². The van der Waals surface area contributed by atoms with E-state index in [9.17, 15) is 22.0 Å². The third-order valence-corrected chi connectivity index (χ3v) is 5.72. The summed E-state index contributed by atoms with van der Waals surface area (Å²) in [4.78, 5) is 14.0. The number of anilines is 2. The molecule has 1 saturated heterocycles. The number of halogens is 5. The molecule has 180 valence electrons. The molecule has 0 spiro atoms. The van der Waals surface area contributed by atoms with Gasteiger partial charge in [0, 0.05) is 18.3 Å². The zero-order valence-electron chi connectivity index (χ0n) is 17.9. The minimum absolute atomic E-state index is 0.0134. The smallest absolute Gasteiger partial charge is 0.382 e. The Morgan fingerprint density at radius 2 is 2.00 bits per heavy atom. The van der Waals surface area contributed by atoms with Crippen LogP contribution in [0.15, 0.2) is 30.7 Å². The second-order valence-electron chi connectivity index (χ2n) is 8.35. The number of alkyl halides is 5. The Morgan fingerprint density at radius 3 is 2.74 bits per heavy atom. The van der Waals surface area contributed by atoms with Crippen LogP contribution >= 0.6 is 0 Å². The molecule has 0 unspecified atom stereocenters. The number of piperidine rings is 1. The van der Waals surface area contributed by atoms with Gasteiger partial charge in [-0.3, -0.25) is 0 Å². The first-order valence-corrected chi connectivity index (χ1v) is 10.4. The van der Waals surface area contributed by atoms with E-state index in [1.165, 1.54) is 4.52 Å². The highest BCUT2D eigenvalue weighted by atomic mass is 19.4. The Bertz CT molecular complexity index is 1360. The largest absolute Gasteiger partial charge is 0.406 e. The molecular weight excluding hydrogens is 461 g/mol. The van der Waals surface area contributed by atoms with E-state index in [1.54, 1.807) is 36.3 Å². The van der Waals surface area contributed by atoms with Crippen molar-refractivity contribution in [1.29, 1.82) is 0 Å². The monoisotopic (exact) mass is 481 g/mol. The van der Waals surface area contributed by atoms with E-state index in [-0.39, 0.29) is 30.4 Å². The SMILES string of the molecule is CN1CC[C@@H](Nc2nc(N)c3c(-c4ccc5ncn(CC(F)(F)F)c5n4)ccn3n2)C(F)(F)C1. The third-order valence-electron chi connectivity index (χ3n) is 5.72. The molecule has 0 aromatic carbocycles. The summed E-state index contributed by atoms with van der Waals surface area (Å²) in [7, 11) is 1.63. The molecule has 9 nitrogen and oxygen atoms in total. The molecule has 1 fully saturated rings. The van der Waals surface area contributed by atoms with Crippen molar-refractivity contribution in [2.24, 2.45) is 0 Å². The van der Waals surface area contributed by atoms with Crippen molar-refractivity contribution in [3.63, 3.8) is 0 Å². The van der Waals surface area contributed by atoms with Crippen molar-refractivity contribution in [3.05, 3.63) is 30.7 Å². The summed E-state index contributed by atoms with van der Waals surface area (Å²) < 4.78 is 69.8. The molecule has 1 aliphatic heterocycles. The number of rotatable bonds is 4. The highest BCUT2D eigenvalue weighted by molar-refractivity contribution is 5.88. The van der Waals surface area contributed by atoms with E-state index in [1.807, 2.05) is 0 Å². The lowest BCUT2D eigenvalue weighted by Crippen LogP contribution is -2.53. The van der Waals surface area contributed by atoms with E-state index in [2.05, 4.69) is 25.4 Å². The van der Waals surface area contributed by atoms with Gasteiger partial charge in [-0.2, -0.15) is 18.2 Å². The number of hydrogen-bond donors (Lipinski definition) is 2. The lowest BCUT2D eigenvalue weighted by molar-refractivity contribution is -0.140. The molecule has 1 atom stereocenters. The van der Waals surface area contributed by atoms with Crippen LogP contribution in [0.1, 0.15) is 6.42 Å². The second-order valence-corrected chi connectivity index (χ2v) is 8.35. The van der Waals surface area contributed by atoms with Crippen LogP contribution in [-0.4, -0.2) is 72.3 Å². The number of imidazole rings is 1. The van der Waals surface area contributed by atoms with Gasteiger partial charge < -0.3 is 20.5 Å². The highest BCUT2D eigenvalue weighted by Crippen LogP contribution is 2.32. The first-order valence-electron chi connectivity index (χ1n) is 10.4. The molecule has 5 heterocycles. The molecule has 1 aliphatic rings. The van der Waals surface area contributed by atoms with Crippen LogP contribution in [0.5, 0.6) is 0 Å². The molecule has 14 heteroatoms. The number of nitrogens with two attached hydrogens (primary N) is 1. The Morgan fingerprint density at radius 1 is 1.21 bits per heavy atom. The van der Waals surface area contributed by atoms with Gasteiger partial charge in [0.05, 0.1) is 24.6 Å². The standard InChI is InChI=1S/C20H20F5N9/c1-32-6-5-14(19(21,22)8-32)29-18-30-16(26)15-11(4-7-34(15)31-18)12-2-3-13-17(28-12)33(10-27-13)9-20(23,24)25/h2-4,7,10,14H,5-6,8-9H2,1H3,(H3,26,29,30,31)/t14-/m1/s1. The van der Waals surface area contributed by atoms with Crippen LogP contribution in [0.25, 0.3) is 27.9 Å². The minimum Gasteiger partial charge on any atom is -0.382 e. The van der Waals surface area contributed by atoms with E-state index < -0.39 is 24.7 Å². The second kappa shape index (κ2) is 7.75. The summed E-state index contributed by atoms with van der Waals surface area (Å²) in [5.41, 5.74) is 7.70. The average molecular weight is 481 g/mol. The maximum absolute atomic E-state index is 14.4. The molecule has 4 aromatic rings. The quantitative estimate of drug-likeness (QED) is 0.432. The Hall–Kier alpha value is -3.55. The van der Waals surface area contributed by atoms with Crippen LogP contribution in [0.3, 0.4) is 0 Å². The van der Waals surface area contributed by atoms with Crippen molar-refractivity contribution in [3.8, 4) is 11.3 Å². The predicted molar refractivity (Wildman–Crippen MR) is 114 cm³/mol. The normalized spacial score (nSPS) is 19.2. The van der Waals surface area contributed by atoms with Crippen LogP contribution in [0.4, 0.5) is 33.7 Å². The lowest BCUT2D eigenvalue weighted by atomic mass is 10.0. The fraction of sp³-hybridized carbons (Fsp3) is 0.400. The number of nitrogens with one attached hydrogen (secondary N) is 1. The lowest BCUT2D eigenvalue weighted by Gasteiger charge is -2.36. The summed E-state index contributed by atoms with van der Waals surface area (Å²) >= 11 is 0. The number of nitrogens with zero attached hydrogens (tertiary/aromatic N) is 7. The van der Waals surface area contributed by atoms with Crippen molar-refractivity contribution in [2.75, 3.05) is 31.2 Å². The first-order chi connectivity index (χ1) is 16.0. The molecule has 4 aromatic heterocycles. The molecule has 0 radical (unpaired) electrons. The van der Waals surface area contributed by atoms with Gasteiger partial charge in [-0.25, -0.2) is 23.3 Å². The van der Waals surface area contributed by atoms with Crippen LogP contribution in [0, 0.1) is 0 Å². The molecule has 5 rings (SSSR count). The molecular formula is C20H20F5N9. The Balaban J connectivity index is 1.49. The van der Waals surface area contributed by atoms with Crippen molar-refractivity contribution in [2.45, 2.75) is 31.1 Å². The van der Waals surface area contributed by atoms with E-state index in [0.717, 1.165) is 10.9 Å². The summed E-state index contributed by atoms with van der Waals surface area (Å²) in [6, 6.07) is 3.65. The molecule has 0 saturated carbocycles. The summed E-state index contributed by atoms with van der Waals surface area (Å²) in [5, 5.41) is 6.94. The van der Waals surface area contributed by atoms with Gasteiger partial charge in [0.15, 0.2) is 11.5 Å². The van der Waals surface area contributed by atoms with E-state index in [4.69, 9.17) is 5.73 Å². The van der Waals surface area contributed by atoms with E-state index >= 15 is 0 Å². The molecule has 0 bridgehead atoms. The van der Waals surface area contributed by atoms with Crippen molar-refractivity contribution < 1.29 is 22.0 Å². The van der Waals surface area contributed by atoms with Gasteiger partial charge in [0.25, 0.3) is 5.92 Å². The summed E-state index contributed by atoms with van der Waals surface area (Å²) in [5.74, 6) is -3.01. The zero-order valence-corrected chi connectivity index (χ0v) is 17.9. The van der Waals surface area contributed by atoms with Crippen LogP contribution in [0.2, 0.25) is 0 Å². The number of aromatic nitrogens is 6. The minimum atomic E-state index is -4.43. The fourth-order valence-electron chi connectivity index (χ4n) is 4.16.